The number of aliphatic imine (C=N–C) groups is 1. The summed E-state index contributed by atoms with van der Waals surface area (Å²) in [5.41, 5.74) is 9.98. The van der Waals surface area contributed by atoms with Gasteiger partial charge in [-0.3, -0.25) is 9.79 Å². The first-order valence-electron chi connectivity index (χ1n) is 5.32. The molecule has 0 saturated heterocycles. The zero-order valence-corrected chi connectivity index (χ0v) is 12.9. The number of carbonyl (C=O) groups is 1. The van der Waals surface area contributed by atoms with Crippen LogP contribution in [0.1, 0.15) is 15.9 Å². The van der Waals surface area contributed by atoms with Gasteiger partial charge in [0.1, 0.15) is 0 Å². The molecule has 0 aromatic heterocycles. The maximum Gasteiger partial charge on any atom is 0.152 e. The normalized spacial score (nSPS) is 9.84. The average Bonchev–Trinajstić information content (AvgIpc) is 2.49. The van der Waals surface area contributed by atoms with Crippen molar-refractivity contribution in [3.63, 3.8) is 0 Å². The quantitative estimate of drug-likeness (QED) is 0.494. The number of hydrogen-bond donors (Lipinski definition) is 0. The van der Waals surface area contributed by atoms with E-state index in [2.05, 4.69) is 14.4 Å². The van der Waals surface area contributed by atoms with Gasteiger partial charge in [-0.2, -0.15) is 0 Å². The Bertz CT molecular complexity index is 573. The number of halogens is 1. The summed E-state index contributed by atoms with van der Waals surface area (Å²) < 4.78 is 0. The summed E-state index contributed by atoms with van der Waals surface area (Å²) in [5.74, 6) is 0. The largest absolute Gasteiger partial charge is 0.698 e. The molecule has 0 radical (unpaired) electrons. The fourth-order valence-corrected chi connectivity index (χ4v) is 1.45. The van der Waals surface area contributed by atoms with Crippen LogP contribution in [0.2, 0.25) is 0 Å². The third-order valence-electron chi connectivity index (χ3n) is 2.37. The Kier molecular flexibility index (Phi) is 7.09. The van der Waals surface area contributed by atoms with E-state index in [9.17, 15) is 4.79 Å². The van der Waals surface area contributed by atoms with E-state index < -0.39 is 0 Å². The van der Waals surface area contributed by atoms with Crippen LogP contribution in [-0.4, -0.2) is 12.5 Å². The van der Waals surface area contributed by atoms with Crippen molar-refractivity contribution < 1.29 is 23.6 Å². The number of rotatable bonds is 3. The second-order valence-corrected chi connectivity index (χ2v) is 3.52. The standard InChI is InChI=1S/C14H12N2O.ClH.Pt/c15-13-7-3-1-5-11(13)9-16-14-8-4-2-6-12(14)10-17;;/h1-10H,(H2,15,16,17);1H;/q;;+2/p-2. The second-order valence-electron chi connectivity index (χ2n) is 3.52. The van der Waals surface area contributed by atoms with Gasteiger partial charge >= 0.3 is 28.2 Å². The van der Waals surface area contributed by atoms with Crippen molar-refractivity contribution in [3.8, 4) is 0 Å². The van der Waals surface area contributed by atoms with Gasteiger partial charge in [-0.25, -0.2) is 0 Å². The van der Waals surface area contributed by atoms with Gasteiger partial charge in [0.15, 0.2) is 6.29 Å². The smallest absolute Gasteiger partial charge is 0.152 e. The number of aldehydes is 1. The fourth-order valence-electron chi connectivity index (χ4n) is 1.45. The molecular formula is C14H11ClN2OPt. The minimum absolute atomic E-state index is 0.417. The third kappa shape index (κ3) is 4.62. The van der Waals surface area contributed by atoms with Gasteiger partial charge in [0, 0.05) is 11.8 Å². The molecule has 1 N–H and O–H groups in total. The Morgan fingerprint density at radius 3 is 2.21 bits per heavy atom. The van der Waals surface area contributed by atoms with Crippen LogP contribution < -0.4 is 0 Å². The van der Waals surface area contributed by atoms with Crippen LogP contribution in [0, 0.1) is 0 Å². The molecule has 100 valence electrons. The molecule has 0 unspecified atom stereocenters. The topological polar surface area (TPSA) is 53.2 Å². The van der Waals surface area contributed by atoms with Crippen LogP contribution >= 0.6 is 9.42 Å². The predicted octanol–water partition coefficient (Wildman–Crippen LogP) is 4.62. The fraction of sp³-hybridized carbons (Fsp3) is 0. The molecule has 2 aromatic rings. The number of nitrogens with zero attached hydrogens (tertiary/aromatic N) is 1. The van der Waals surface area contributed by atoms with Crippen LogP contribution in [0.25, 0.3) is 5.73 Å². The van der Waals surface area contributed by atoms with Gasteiger partial charge < -0.3 is 5.73 Å². The molecule has 2 aromatic carbocycles. The van der Waals surface area contributed by atoms with Gasteiger partial charge in [0.25, 0.3) is 0 Å². The summed E-state index contributed by atoms with van der Waals surface area (Å²) in [6.45, 7) is 0. The molecule has 0 heterocycles. The molecule has 2 rings (SSSR count). The van der Waals surface area contributed by atoms with Crippen LogP contribution in [0.4, 0.5) is 11.4 Å². The molecule has 3 nitrogen and oxygen atoms in total. The molecule has 0 atom stereocenters. The summed E-state index contributed by atoms with van der Waals surface area (Å²) >= 11 is 1.61. The van der Waals surface area contributed by atoms with Crippen LogP contribution in [0.15, 0.2) is 53.5 Å². The van der Waals surface area contributed by atoms with Crippen molar-refractivity contribution in [1.82, 2.24) is 0 Å². The molecule has 0 amide bonds. The second kappa shape index (κ2) is 8.62. The summed E-state index contributed by atoms with van der Waals surface area (Å²) in [4.78, 5) is 15.0. The Morgan fingerprint density at radius 2 is 1.58 bits per heavy atom. The zero-order chi connectivity index (χ0) is 14.1. The first-order valence-corrected chi connectivity index (χ1v) is 8.13. The number of benzene rings is 2. The first kappa shape index (κ1) is 15.6. The van der Waals surface area contributed by atoms with Crippen molar-refractivity contribution in [2.45, 2.75) is 0 Å². The van der Waals surface area contributed by atoms with Gasteiger partial charge in [0.2, 0.25) is 0 Å². The first-order chi connectivity index (χ1) is 9.31. The van der Waals surface area contributed by atoms with Gasteiger partial charge in [-0.05, 0) is 17.7 Å². The van der Waals surface area contributed by atoms with E-state index in [-0.39, 0.29) is 0 Å². The van der Waals surface area contributed by atoms with E-state index in [0.29, 0.717) is 16.9 Å². The molecule has 0 fully saturated rings. The Labute approximate surface area is 127 Å². The van der Waals surface area contributed by atoms with E-state index >= 15 is 0 Å². The van der Waals surface area contributed by atoms with E-state index in [1.54, 1.807) is 55.3 Å². The molecule has 0 aliphatic rings. The van der Waals surface area contributed by atoms with Crippen LogP contribution in [-0.2, 0) is 18.8 Å². The molecule has 19 heavy (non-hydrogen) atoms. The molecule has 0 aliphatic carbocycles. The Balaban J connectivity index is 0.000000861. The molecule has 0 saturated carbocycles. The van der Waals surface area contributed by atoms with Gasteiger partial charge in [0.05, 0.1) is 5.69 Å². The predicted molar refractivity (Wildman–Crippen MR) is 75.4 cm³/mol. The van der Waals surface area contributed by atoms with E-state index in [1.165, 1.54) is 0 Å². The van der Waals surface area contributed by atoms with Crippen LogP contribution in [0.5, 0.6) is 0 Å². The summed E-state index contributed by atoms with van der Waals surface area (Å²) in [5, 5.41) is 0. The summed E-state index contributed by atoms with van der Waals surface area (Å²) in [6.07, 6.45) is 2.38. The summed E-state index contributed by atoms with van der Waals surface area (Å²) in [7, 11) is 4.61. The Hall–Kier alpha value is -1.44. The van der Waals surface area contributed by atoms with Crippen molar-refractivity contribution in [3.05, 3.63) is 65.4 Å². The zero-order valence-electron chi connectivity index (χ0n) is 9.82. The molecular weight excluding hydrogens is 443 g/mol. The monoisotopic (exact) mass is 453 g/mol. The SMILES string of the molecule is [Cl][Pt+].[NH-]c1ccccc1C=Nc1ccccc1C=O. The van der Waals surface area contributed by atoms with Gasteiger partial charge in [-0.15, -0.1) is 5.69 Å². The maximum absolute atomic E-state index is 10.8. The maximum atomic E-state index is 10.8. The van der Waals surface area contributed by atoms with Crippen molar-refractivity contribution in [2.75, 3.05) is 0 Å². The molecule has 0 bridgehead atoms. The molecule has 0 aliphatic heterocycles. The van der Waals surface area contributed by atoms with Crippen LogP contribution in [0.3, 0.4) is 0 Å². The minimum atomic E-state index is 0.417. The van der Waals surface area contributed by atoms with E-state index in [1.807, 2.05) is 18.2 Å². The number of carbonyl (C=O) groups excluding carboxylic acids is 1. The Morgan fingerprint density at radius 1 is 1.00 bits per heavy atom. The van der Waals surface area contributed by atoms with E-state index in [0.717, 1.165) is 11.8 Å². The number of para-hydroxylation sites is 1. The minimum Gasteiger partial charge on any atom is -0.698 e. The van der Waals surface area contributed by atoms with E-state index in [4.69, 9.17) is 5.73 Å². The van der Waals surface area contributed by atoms with Crippen molar-refractivity contribution in [1.29, 1.82) is 0 Å². The van der Waals surface area contributed by atoms with Gasteiger partial charge in [-0.1, -0.05) is 36.4 Å². The average molecular weight is 454 g/mol. The number of hydrogen-bond acceptors (Lipinski definition) is 2. The molecule has 5 heteroatoms. The van der Waals surface area contributed by atoms with Crippen molar-refractivity contribution >= 4 is 33.3 Å². The molecule has 0 spiro atoms. The third-order valence-corrected chi connectivity index (χ3v) is 2.37. The van der Waals surface area contributed by atoms with Crippen molar-refractivity contribution in [2.24, 2.45) is 4.99 Å². The number of nitrogens with one attached hydrogen (secondary N) is 1. The summed E-state index contributed by atoms with van der Waals surface area (Å²) in [6, 6.07) is 14.3.